The van der Waals surface area contributed by atoms with Crippen molar-refractivity contribution in [2.45, 2.75) is 24.7 Å². The van der Waals surface area contributed by atoms with Gasteiger partial charge in [-0.15, -0.1) is 11.3 Å². The van der Waals surface area contributed by atoms with Gasteiger partial charge in [0.15, 0.2) is 0 Å². The number of anilines is 1. The van der Waals surface area contributed by atoms with Crippen LogP contribution in [0.2, 0.25) is 0 Å². The highest BCUT2D eigenvalue weighted by Gasteiger charge is 2.45. The van der Waals surface area contributed by atoms with Crippen molar-refractivity contribution in [2.75, 3.05) is 5.32 Å². The number of nitrogens with one attached hydrogen (secondary N) is 1. The van der Waals surface area contributed by atoms with E-state index in [4.69, 9.17) is 5.11 Å². The molecule has 5 heteroatoms. The van der Waals surface area contributed by atoms with Crippen molar-refractivity contribution in [2.24, 2.45) is 0 Å². The topological polar surface area (TPSA) is 66.4 Å². The normalized spacial score (nSPS) is 16.0. The number of carbonyl (C=O) groups is 2. The van der Waals surface area contributed by atoms with Gasteiger partial charge in [0.25, 0.3) is 0 Å². The molecule has 21 heavy (non-hydrogen) atoms. The van der Waals surface area contributed by atoms with Crippen LogP contribution in [0.3, 0.4) is 0 Å². The van der Waals surface area contributed by atoms with Gasteiger partial charge in [0.1, 0.15) is 5.00 Å². The van der Waals surface area contributed by atoms with Gasteiger partial charge >= 0.3 is 5.97 Å². The monoisotopic (exact) mass is 301 g/mol. The van der Waals surface area contributed by atoms with E-state index >= 15 is 0 Å². The second-order valence-corrected chi connectivity index (χ2v) is 6.14. The quantitative estimate of drug-likeness (QED) is 0.908. The van der Waals surface area contributed by atoms with Crippen LogP contribution in [0.25, 0.3) is 0 Å². The number of amides is 1. The number of benzene rings is 1. The Hall–Kier alpha value is -2.14. The molecule has 0 spiro atoms. The van der Waals surface area contributed by atoms with E-state index in [1.54, 1.807) is 5.38 Å². The van der Waals surface area contributed by atoms with Crippen molar-refractivity contribution in [1.82, 2.24) is 0 Å². The van der Waals surface area contributed by atoms with Crippen molar-refractivity contribution in [1.29, 1.82) is 0 Å². The molecule has 0 aliphatic heterocycles. The van der Waals surface area contributed by atoms with E-state index in [9.17, 15) is 9.59 Å². The fourth-order valence-electron chi connectivity index (χ4n) is 2.73. The number of hydrogen-bond donors (Lipinski definition) is 2. The van der Waals surface area contributed by atoms with Gasteiger partial charge in [-0.1, -0.05) is 36.8 Å². The second-order valence-electron chi connectivity index (χ2n) is 5.22. The third kappa shape index (κ3) is 2.34. The van der Waals surface area contributed by atoms with E-state index < -0.39 is 11.4 Å². The molecule has 1 amide bonds. The molecule has 1 aromatic heterocycles. The molecule has 3 rings (SSSR count). The van der Waals surface area contributed by atoms with Gasteiger partial charge in [0, 0.05) is 0 Å². The lowest BCUT2D eigenvalue weighted by atomic mass is 9.64. The Morgan fingerprint density at radius 3 is 2.43 bits per heavy atom. The van der Waals surface area contributed by atoms with Crippen LogP contribution in [0.1, 0.15) is 35.2 Å². The summed E-state index contributed by atoms with van der Waals surface area (Å²) in [4.78, 5) is 23.8. The molecule has 0 bridgehead atoms. The maximum absolute atomic E-state index is 12.7. The molecule has 1 aromatic carbocycles. The van der Waals surface area contributed by atoms with Crippen molar-refractivity contribution in [3.8, 4) is 0 Å². The van der Waals surface area contributed by atoms with Crippen LogP contribution in [-0.2, 0) is 10.2 Å². The highest BCUT2D eigenvalue weighted by molar-refractivity contribution is 7.14. The first kappa shape index (κ1) is 13.8. The standard InChI is InChI=1S/C16H15NO3S/c18-14(19)12-7-10-21-13(12)17-15(20)16(8-4-9-16)11-5-2-1-3-6-11/h1-3,5-7,10H,4,8-9H2,(H,17,20)(H,18,19). The summed E-state index contributed by atoms with van der Waals surface area (Å²) in [6, 6.07) is 11.2. The number of carboxylic acid groups (broad SMARTS) is 1. The van der Waals surface area contributed by atoms with Crippen LogP contribution >= 0.6 is 11.3 Å². The molecule has 1 fully saturated rings. The number of thiophene rings is 1. The number of hydrogen-bond acceptors (Lipinski definition) is 3. The average molecular weight is 301 g/mol. The van der Waals surface area contributed by atoms with Crippen molar-refractivity contribution < 1.29 is 14.7 Å². The zero-order valence-corrected chi connectivity index (χ0v) is 12.2. The summed E-state index contributed by atoms with van der Waals surface area (Å²) in [6.45, 7) is 0. The van der Waals surface area contributed by atoms with Gasteiger partial charge in [-0.05, 0) is 29.9 Å². The van der Waals surface area contributed by atoms with Gasteiger partial charge < -0.3 is 10.4 Å². The summed E-state index contributed by atoms with van der Waals surface area (Å²) in [7, 11) is 0. The van der Waals surface area contributed by atoms with Gasteiger partial charge in [-0.2, -0.15) is 0 Å². The van der Waals surface area contributed by atoms with Crippen molar-refractivity contribution in [3.63, 3.8) is 0 Å². The molecule has 2 aromatic rings. The van der Waals surface area contributed by atoms with Crippen LogP contribution in [-0.4, -0.2) is 17.0 Å². The number of rotatable bonds is 4. The van der Waals surface area contributed by atoms with Crippen LogP contribution in [0.5, 0.6) is 0 Å². The number of carbonyl (C=O) groups excluding carboxylic acids is 1. The minimum Gasteiger partial charge on any atom is -0.478 e. The van der Waals surface area contributed by atoms with Crippen LogP contribution in [0, 0.1) is 0 Å². The molecule has 108 valence electrons. The van der Waals surface area contributed by atoms with Gasteiger partial charge in [-0.25, -0.2) is 4.79 Å². The van der Waals surface area contributed by atoms with E-state index in [1.807, 2.05) is 30.3 Å². The molecular formula is C16H15NO3S. The van der Waals surface area contributed by atoms with Gasteiger partial charge in [0.2, 0.25) is 5.91 Å². The number of carboxylic acids is 1. The highest BCUT2D eigenvalue weighted by atomic mass is 32.1. The molecule has 1 heterocycles. The predicted molar refractivity (Wildman–Crippen MR) is 81.9 cm³/mol. The van der Waals surface area contributed by atoms with E-state index in [0.29, 0.717) is 5.00 Å². The SMILES string of the molecule is O=C(O)c1ccsc1NC(=O)C1(c2ccccc2)CCC1. The summed E-state index contributed by atoms with van der Waals surface area (Å²) in [5, 5.41) is 14.0. The molecule has 0 atom stereocenters. The van der Waals surface area contributed by atoms with Crippen LogP contribution < -0.4 is 5.32 Å². The lowest BCUT2D eigenvalue weighted by Crippen LogP contribution is -2.46. The fourth-order valence-corrected chi connectivity index (χ4v) is 3.51. The summed E-state index contributed by atoms with van der Waals surface area (Å²) in [6.07, 6.45) is 2.62. The molecule has 4 nitrogen and oxygen atoms in total. The Labute approximate surface area is 126 Å². The van der Waals surface area contributed by atoms with E-state index in [1.165, 1.54) is 17.4 Å². The Kier molecular flexibility index (Phi) is 3.51. The molecule has 0 saturated heterocycles. The molecule has 0 unspecified atom stereocenters. The molecule has 0 radical (unpaired) electrons. The lowest BCUT2D eigenvalue weighted by Gasteiger charge is -2.40. The minimum atomic E-state index is -1.02. The first-order valence-electron chi connectivity index (χ1n) is 6.81. The smallest absolute Gasteiger partial charge is 0.338 e. The van der Waals surface area contributed by atoms with Crippen molar-refractivity contribution >= 4 is 28.2 Å². The van der Waals surface area contributed by atoms with E-state index in [0.717, 1.165) is 24.8 Å². The first-order valence-corrected chi connectivity index (χ1v) is 7.69. The third-order valence-corrected chi connectivity index (χ3v) is 4.92. The van der Waals surface area contributed by atoms with E-state index in [2.05, 4.69) is 5.32 Å². The summed E-state index contributed by atoms with van der Waals surface area (Å²) in [5.41, 5.74) is 0.638. The molecule has 2 N–H and O–H groups in total. The predicted octanol–water partition coefficient (Wildman–Crippen LogP) is 3.51. The summed E-state index contributed by atoms with van der Waals surface area (Å²) >= 11 is 1.24. The van der Waals surface area contributed by atoms with E-state index in [-0.39, 0.29) is 11.5 Å². The maximum atomic E-state index is 12.7. The fraction of sp³-hybridized carbons (Fsp3) is 0.250. The zero-order chi connectivity index (χ0) is 14.9. The Morgan fingerprint density at radius 2 is 1.86 bits per heavy atom. The minimum absolute atomic E-state index is 0.107. The maximum Gasteiger partial charge on any atom is 0.338 e. The highest BCUT2D eigenvalue weighted by Crippen LogP contribution is 2.45. The first-order chi connectivity index (χ1) is 10.1. The molecular weight excluding hydrogens is 286 g/mol. The van der Waals surface area contributed by atoms with Crippen molar-refractivity contribution in [3.05, 3.63) is 52.9 Å². The third-order valence-electron chi connectivity index (χ3n) is 4.09. The Morgan fingerprint density at radius 1 is 1.14 bits per heavy atom. The molecule has 1 saturated carbocycles. The largest absolute Gasteiger partial charge is 0.478 e. The average Bonchev–Trinajstić information content (AvgIpc) is 2.87. The van der Waals surface area contributed by atoms with Gasteiger partial charge in [-0.3, -0.25) is 4.79 Å². The Bertz CT molecular complexity index is 674. The molecule has 1 aliphatic rings. The van der Waals surface area contributed by atoms with Crippen LogP contribution in [0.15, 0.2) is 41.8 Å². The summed E-state index contributed by atoms with van der Waals surface area (Å²) < 4.78 is 0. The van der Waals surface area contributed by atoms with Gasteiger partial charge in [0.05, 0.1) is 11.0 Å². The molecule has 1 aliphatic carbocycles. The lowest BCUT2D eigenvalue weighted by molar-refractivity contribution is -0.124. The summed E-state index contributed by atoms with van der Waals surface area (Å²) in [5.74, 6) is -1.13. The Balaban J connectivity index is 1.87. The zero-order valence-electron chi connectivity index (χ0n) is 11.3. The second kappa shape index (κ2) is 5.33. The van der Waals surface area contributed by atoms with Crippen LogP contribution in [0.4, 0.5) is 5.00 Å². The number of aromatic carboxylic acids is 1.